The highest BCUT2D eigenvalue weighted by Gasteiger charge is 2.34. The van der Waals surface area contributed by atoms with Crippen molar-refractivity contribution in [2.24, 2.45) is 0 Å². The predicted molar refractivity (Wildman–Crippen MR) is 131 cm³/mol. The molecule has 3 heterocycles. The van der Waals surface area contributed by atoms with Crippen molar-refractivity contribution >= 4 is 34.8 Å². The van der Waals surface area contributed by atoms with E-state index in [0.29, 0.717) is 24.7 Å². The van der Waals surface area contributed by atoms with Crippen LogP contribution in [0.1, 0.15) is 11.1 Å². The van der Waals surface area contributed by atoms with E-state index in [1.165, 1.54) is 0 Å². The number of benzene rings is 1. The SMILES string of the molecule is COCCn1cc(Nc2ncc(-c3ccc(CC(=O)Nc4cnc(Cl)c(C(F)(F)F)c4)cc3)cn2)cn1. The van der Waals surface area contributed by atoms with Gasteiger partial charge in [-0.25, -0.2) is 15.0 Å². The summed E-state index contributed by atoms with van der Waals surface area (Å²) in [5, 5.41) is 9.04. The summed E-state index contributed by atoms with van der Waals surface area (Å²) in [6.07, 6.45) is 3.18. The second-order valence-corrected chi connectivity index (χ2v) is 8.25. The van der Waals surface area contributed by atoms with Crippen molar-refractivity contribution in [1.29, 1.82) is 0 Å². The van der Waals surface area contributed by atoms with Crippen LogP contribution >= 0.6 is 11.6 Å². The zero-order valence-corrected chi connectivity index (χ0v) is 20.2. The molecule has 2 N–H and O–H groups in total. The molecule has 4 rings (SSSR count). The number of carbonyl (C=O) groups is 1. The molecule has 1 amide bonds. The van der Waals surface area contributed by atoms with Gasteiger partial charge >= 0.3 is 6.18 Å². The minimum Gasteiger partial charge on any atom is -0.383 e. The fraction of sp³-hybridized carbons (Fsp3) is 0.208. The Kier molecular flexibility index (Phi) is 7.99. The maximum absolute atomic E-state index is 13.0. The number of methoxy groups -OCH3 is 1. The molecular weight excluding hydrogens is 511 g/mol. The molecule has 0 aliphatic rings. The molecule has 3 aromatic heterocycles. The van der Waals surface area contributed by atoms with Crippen LogP contribution in [0.15, 0.2) is 61.3 Å². The normalized spacial score (nSPS) is 11.4. The van der Waals surface area contributed by atoms with Gasteiger partial charge < -0.3 is 15.4 Å². The van der Waals surface area contributed by atoms with Crippen LogP contribution in [0.2, 0.25) is 5.15 Å². The number of anilines is 3. The molecule has 9 nitrogen and oxygen atoms in total. The molecule has 0 saturated heterocycles. The zero-order valence-electron chi connectivity index (χ0n) is 19.5. The third-order valence-electron chi connectivity index (χ3n) is 5.15. The number of aromatic nitrogens is 5. The lowest BCUT2D eigenvalue weighted by atomic mass is 10.0. The summed E-state index contributed by atoms with van der Waals surface area (Å²) in [6, 6.07) is 7.86. The summed E-state index contributed by atoms with van der Waals surface area (Å²) in [5.74, 6) is -0.0806. The summed E-state index contributed by atoms with van der Waals surface area (Å²) in [6.45, 7) is 1.19. The van der Waals surface area contributed by atoms with Crippen LogP contribution in [-0.2, 0) is 28.7 Å². The van der Waals surface area contributed by atoms with E-state index in [0.717, 1.165) is 29.1 Å². The highest BCUT2D eigenvalue weighted by Crippen LogP contribution is 2.35. The van der Waals surface area contributed by atoms with Crippen LogP contribution in [0.4, 0.5) is 30.5 Å². The van der Waals surface area contributed by atoms with Gasteiger partial charge in [-0.15, -0.1) is 0 Å². The first-order valence-electron chi connectivity index (χ1n) is 10.9. The summed E-state index contributed by atoms with van der Waals surface area (Å²) in [5.41, 5.74) is 1.81. The standard InChI is InChI=1S/C24H21ClF3N7O2/c1-37-7-6-35-14-19(13-32-35)34-23-30-10-17(11-31-23)16-4-2-15(3-5-16)8-21(36)33-18-9-20(24(26,27)28)22(25)29-12-18/h2-5,9-14H,6-8H2,1H3,(H,33,36)(H,30,31,34). The Labute approximate surface area is 214 Å². The second kappa shape index (κ2) is 11.4. The molecule has 37 heavy (non-hydrogen) atoms. The molecule has 1 aromatic carbocycles. The smallest absolute Gasteiger partial charge is 0.383 e. The molecular formula is C24H21ClF3N7O2. The summed E-state index contributed by atoms with van der Waals surface area (Å²) < 4.78 is 45.8. The number of pyridine rings is 1. The number of hydrogen-bond donors (Lipinski definition) is 2. The number of alkyl halides is 3. The third-order valence-corrected chi connectivity index (χ3v) is 5.45. The number of carbonyl (C=O) groups excluding carboxylic acids is 1. The van der Waals surface area contributed by atoms with E-state index in [9.17, 15) is 18.0 Å². The molecule has 192 valence electrons. The molecule has 0 aliphatic heterocycles. The number of hydrogen-bond acceptors (Lipinski definition) is 7. The first kappa shape index (κ1) is 26.0. The van der Waals surface area contributed by atoms with Gasteiger partial charge in [0.2, 0.25) is 11.9 Å². The number of halogens is 4. The molecule has 0 radical (unpaired) electrons. The molecule has 0 bridgehead atoms. The lowest BCUT2D eigenvalue weighted by molar-refractivity contribution is -0.137. The van der Waals surface area contributed by atoms with E-state index >= 15 is 0 Å². The summed E-state index contributed by atoms with van der Waals surface area (Å²) in [7, 11) is 1.63. The fourth-order valence-corrected chi connectivity index (χ4v) is 3.54. The van der Waals surface area contributed by atoms with E-state index in [1.54, 1.807) is 54.6 Å². The monoisotopic (exact) mass is 531 g/mol. The molecule has 0 aliphatic carbocycles. The number of ether oxygens (including phenoxy) is 1. The first-order chi connectivity index (χ1) is 17.7. The van der Waals surface area contributed by atoms with Gasteiger partial charge in [-0.3, -0.25) is 9.48 Å². The minimum absolute atomic E-state index is 0.0400. The molecule has 0 atom stereocenters. The van der Waals surface area contributed by atoms with Crippen molar-refractivity contribution in [3.63, 3.8) is 0 Å². The van der Waals surface area contributed by atoms with Gasteiger partial charge in [0, 0.05) is 31.3 Å². The fourth-order valence-electron chi connectivity index (χ4n) is 3.33. The molecule has 0 saturated carbocycles. The molecule has 0 fully saturated rings. The number of nitrogens with zero attached hydrogens (tertiary/aromatic N) is 5. The van der Waals surface area contributed by atoms with Crippen LogP contribution in [0.5, 0.6) is 0 Å². The van der Waals surface area contributed by atoms with Gasteiger partial charge in [0.15, 0.2) is 0 Å². The number of nitrogens with one attached hydrogen (secondary N) is 2. The topological polar surface area (TPSA) is 107 Å². The van der Waals surface area contributed by atoms with Crippen molar-refractivity contribution in [2.45, 2.75) is 19.1 Å². The zero-order chi connectivity index (χ0) is 26.4. The largest absolute Gasteiger partial charge is 0.419 e. The summed E-state index contributed by atoms with van der Waals surface area (Å²) in [4.78, 5) is 24.5. The average molecular weight is 532 g/mol. The van der Waals surface area contributed by atoms with Crippen LogP contribution in [0.3, 0.4) is 0 Å². The van der Waals surface area contributed by atoms with Gasteiger partial charge in [-0.1, -0.05) is 35.9 Å². The van der Waals surface area contributed by atoms with E-state index in [2.05, 4.69) is 30.7 Å². The van der Waals surface area contributed by atoms with Gasteiger partial charge in [0.1, 0.15) is 5.15 Å². The molecule has 0 spiro atoms. The first-order valence-corrected chi connectivity index (χ1v) is 11.3. The summed E-state index contributed by atoms with van der Waals surface area (Å²) >= 11 is 5.51. The lowest BCUT2D eigenvalue weighted by Gasteiger charge is -2.11. The van der Waals surface area contributed by atoms with Crippen molar-refractivity contribution in [3.05, 3.63) is 77.6 Å². The Balaban J connectivity index is 1.34. The van der Waals surface area contributed by atoms with E-state index in [1.807, 2.05) is 6.20 Å². The van der Waals surface area contributed by atoms with Gasteiger partial charge in [-0.2, -0.15) is 18.3 Å². The van der Waals surface area contributed by atoms with Crippen molar-refractivity contribution < 1.29 is 22.7 Å². The van der Waals surface area contributed by atoms with Crippen molar-refractivity contribution in [1.82, 2.24) is 24.7 Å². The number of rotatable bonds is 9. The highest BCUT2D eigenvalue weighted by atomic mass is 35.5. The van der Waals surface area contributed by atoms with Gasteiger partial charge in [0.05, 0.1) is 48.9 Å². The maximum atomic E-state index is 13.0. The Hall–Kier alpha value is -4.03. The van der Waals surface area contributed by atoms with Gasteiger partial charge in [0.25, 0.3) is 0 Å². The molecule has 4 aromatic rings. The predicted octanol–water partition coefficient (Wildman–Crippen LogP) is 4.98. The van der Waals surface area contributed by atoms with E-state index in [-0.39, 0.29) is 12.1 Å². The third kappa shape index (κ3) is 7.02. The van der Waals surface area contributed by atoms with E-state index < -0.39 is 22.8 Å². The lowest BCUT2D eigenvalue weighted by Crippen LogP contribution is -2.16. The van der Waals surface area contributed by atoms with Crippen molar-refractivity contribution in [3.8, 4) is 11.1 Å². The number of amides is 1. The average Bonchev–Trinajstić information content (AvgIpc) is 3.31. The minimum atomic E-state index is -4.67. The van der Waals surface area contributed by atoms with Crippen LogP contribution in [0.25, 0.3) is 11.1 Å². The van der Waals surface area contributed by atoms with Gasteiger partial charge in [-0.05, 0) is 17.2 Å². The Morgan fingerprint density at radius 3 is 2.43 bits per heavy atom. The van der Waals surface area contributed by atoms with E-state index in [4.69, 9.17) is 16.3 Å². The highest BCUT2D eigenvalue weighted by molar-refractivity contribution is 6.30. The second-order valence-electron chi connectivity index (χ2n) is 7.89. The Morgan fingerprint density at radius 2 is 1.76 bits per heavy atom. The van der Waals surface area contributed by atoms with Crippen molar-refractivity contribution in [2.75, 3.05) is 24.4 Å². The Bertz CT molecular complexity index is 1360. The van der Waals surface area contributed by atoms with Crippen LogP contribution in [-0.4, -0.2) is 44.4 Å². The quantitative estimate of drug-likeness (QED) is 0.293. The maximum Gasteiger partial charge on any atom is 0.419 e. The van der Waals surface area contributed by atoms with Crippen LogP contribution in [0, 0.1) is 0 Å². The Morgan fingerprint density at radius 1 is 1.03 bits per heavy atom. The van der Waals surface area contributed by atoms with Crippen LogP contribution < -0.4 is 10.6 Å². The molecule has 0 unspecified atom stereocenters. The molecule has 13 heteroatoms.